The van der Waals surface area contributed by atoms with Crippen molar-refractivity contribution in [1.82, 2.24) is 19.7 Å². The maximum absolute atomic E-state index is 14.1. The molecule has 9 nitrogen and oxygen atoms in total. The zero-order valence-corrected chi connectivity index (χ0v) is 17.8. The largest absolute Gasteiger partial charge is 0.465 e. The molecule has 1 atom stereocenters. The minimum atomic E-state index is -3.22. The minimum Gasteiger partial charge on any atom is -0.465 e. The molecular weight excluding hydrogens is 462 g/mol. The second kappa shape index (κ2) is 8.72. The predicted molar refractivity (Wildman–Crippen MR) is 108 cm³/mol. The molecule has 0 bridgehead atoms. The first-order valence-electron chi connectivity index (χ1n) is 9.97. The topological polar surface area (TPSA) is 108 Å². The third-order valence-corrected chi connectivity index (χ3v) is 5.23. The van der Waals surface area contributed by atoms with E-state index in [0.717, 1.165) is 16.8 Å². The molecule has 1 aliphatic rings. The van der Waals surface area contributed by atoms with E-state index in [-0.39, 0.29) is 35.1 Å². The Kier molecular flexibility index (Phi) is 5.94. The summed E-state index contributed by atoms with van der Waals surface area (Å²) in [6.45, 7) is -0.613. The Balaban J connectivity index is 1.72. The van der Waals surface area contributed by atoms with Crippen LogP contribution in [0.5, 0.6) is 5.88 Å². The molecule has 3 aromatic rings. The van der Waals surface area contributed by atoms with Gasteiger partial charge in [-0.2, -0.15) is 13.9 Å². The fourth-order valence-corrected chi connectivity index (χ4v) is 3.44. The highest BCUT2D eigenvalue weighted by molar-refractivity contribution is 6.18. The lowest BCUT2D eigenvalue weighted by atomic mass is 9.85. The van der Waals surface area contributed by atoms with Crippen molar-refractivity contribution >= 4 is 17.7 Å². The Hall–Kier alpha value is -4.03. The maximum atomic E-state index is 14.1. The zero-order chi connectivity index (χ0) is 24.6. The van der Waals surface area contributed by atoms with Gasteiger partial charge in [-0.05, 0) is 19.9 Å². The average Bonchev–Trinajstić information content (AvgIpc) is 3.29. The molecule has 3 heterocycles. The number of nitrogens with one attached hydrogen (secondary N) is 1. The molecule has 0 radical (unpaired) electrons. The van der Waals surface area contributed by atoms with Crippen LogP contribution in [0, 0.1) is 11.6 Å². The molecule has 0 saturated carbocycles. The number of benzene rings is 1. The molecule has 1 N–H and O–H groups in total. The zero-order valence-electron chi connectivity index (χ0n) is 17.8. The van der Waals surface area contributed by atoms with Crippen molar-refractivity contribution < 1.29 is 36.6 Å². The van der Waals surface area contributed by atoms with Crippen LogP contribution in [0.15, 0.2) is 30.5 Å². The quantitative estimate of drug-likeness (QED) is 0.315. The Morgan fingerprint density at radius 2 is 2.06 bits per heavy atom. The molecule has 4 rings (SSSR count). The Bertz CT molecular complexity index is 1280. The van der Waals surface area contributed by atoms with Gasteiger partial charge in [0.15, 0.2) is 22.9 Å². The summed E-state index contributed by atoms with van der Waals surface area (Å²) in [5.41, 5.74) is -1.69. The molecule has 0 spiro atoms. The van der Waals surface area contributed by atoms with E-state index >= 15 is 0 Å². The molecule has 13 heteroatoms. The van der Waals surface area contributed by atoms with Crippen molar-refractivity contribution in [3.05, 3.63) is 53.2 Å². The number of aromatic nitrogens is 4. The van der Waals surface area contributed by atoms with E-state index < -0.39 is 48.0 Å². The summed E-state index contributed by atoms with van der Waals surface area (Å²) in [5.74, 6) is -4.23. The first-order valence-corrected chi connectivity index (χ1v) is 9.97. The van der Waals surface area contributed by atoms with Crippen molar-refractivity contribution in [3.63, 3.8) is 0 Å². The van der Waals surface area contributed by atoms with Crippen molar-refractivity contribution in [2.45, 2.75) is 32.4 Å². The first-order chi connectivity index (χ1) is 16.1. The fraction of sp³-hybridized carbons (Fsp3) is 0.286. The number of nitrogens with zero attached hydrogens (tertiary/aromatic N) is 4. The number of halogens is 4. The average molecular weight is 479 g/mol. The highest BCUT2D eigenvalue weighted by Gasteiger charge is 2.51. The highest BCUT2D eigenvalue weighted by atomic mass is 19.3. The second-order valence-electron chi connectivity index (χ2n) is 7.37. The van der Waals surface area contributed by atoms with Gasteiger partial charge in [-0.1, -0.05) is 12.1 Å². The van der Waals surface area contributed by atoms with Gasteiger partial charge in [0, 0.05) is 23.4 Å². The van der Waals surface area contributed by atoms with E-state index in [1.807, 2.05) is 0 Å². The lowest BCUT2D eigenvalue weighted by molar-refractivity contribution is -0.152. The van der Waals surface area contributed by atoms with Crippen molar-refractivity contribution in [2.24, 2.45) is 0 Å². The van der Waals surface area contributed by atoms with Crippen LogP contribution in [0.4, 0.5) is 23.4 Å². The summed E-state index contributed by atoms with van der Waals surface area (Å²) in [7, 11) is 0. The molecule has 0 saturated heterocycles. The third kappa shape index (κ3) is 3.93. The van der Waals surface area contributed by atoms with Gasteiger partial charge < -0.3 is 14.8 Å². The van der Waals surface area contributed by atoms with E-state index in [0.29, 0.717) is 0 Å². The smallest absolute Gasteiger partial charge is 0.388 e. The summed E-state index contributed by atoms with van der Waals surface area (Å²) >= 11 is 0. The minimum absolute atomic E-state index is 0.0209. The molecule has 1 amide bonds. The molecular formula is C21H17F4N5O4. The van der Waals surface area contributed by atoms with Gasteiger partial charge in [-0.3, -0.25) is 9.59 Å². The summed E-state index contributed by atoms with van der Waals surface area (Å²) < 4.78 is 63.8. The number of rotatable bonds is 7. The molecule has 1 aromatic carbocycles. The molecule has 2 aromatic heterocycles. The van der Waals surface area contributed by atoms with Crippen LogP contribution < -0.4 is 10.1 Å². The standard InChI is InChI=1S/C21H17F4N5O4/c1-3-33-19(32)21(2)11-8-26-17(27-16(11)28-18(21)31)13-7-14(34-20(24)25)30(29-13)9-10-5-4-6-12(22)15(10)23/h4-8,20H,3,9H2,1-2H3,(H,26,27,28,31). The van der Waals surface area contributed by atoms with Crippen LogP contribution in [0.1, 0.15) is 25.0 Å². The molecule has 178 valence electrons. The SMILES string of the molecule is CCOC(=O)C1(C)C(=O)Nc2nc(-c3cc(OC(F)F)n(Cc4cccc(F)c4F)n3)ncc21. The van der Waals surface area contributed by atoms with Crippen LogP contribution in [0.2, 0.25) is 0 Å². The number of hydrogen-bond donors (Lipinski definition) is 1. The van der Waals surface area contributed by atoms with E-state index in [4.69, 9.17) is 4.74 Å². The van der Waals surface area contributed by atoms with Crippen LogP contribution >= 0.6 is 0 Å². The Morgan fingerprint density at radius 1 is 1.29 bits per heavy atom. The summed E-state index contributed by atoms with van der Waals surface area (Å²) in [4.78, 5) is 33.1. The van der Waals surface area contributed by atoms with E-state index in [1.54, 1.807) is 6.92 Å². The number of alkyl halides is 2. The highest BCUT2D eigenvalue weighted by Crippen LogP contribution is 2.38. The first kappa shape index (κ1) is 23.1. The number of esters is 1. The van der Waals surface area contributed by atoms with Gasteiger partial charge in [0.25, 0.3) is 0 Å². The van der Waals surface area contributed by atoms with Crippen molar-refractivity contribution in [1.29, 1.82) is 0 Å². The Morgan fingerprint density at radius 3 is 2.76 bits per heavy atom. The van der Waals surface area contributed by atoms with E-state index in [9.17, 15) is 27.2 Å². The number of ether oxygens (including phenoxy) is 2. The van der Waals surface area contributed by atoms with Gasteiger partial charge in [0.05, 0.1) is 13.2 Å². The van der Waals surface area contributed by atoms with Crippen LogP contribution in [-0.4, -0.2) is 44.8 Å². The molecule has 1 aliphatic heterocycles. The van der Waals surface area contributed by atoms with Crippen molar-refractivity contribution in [2.75, 3.05) is 11.9 Å². The summed E-state index contributed by atoms with van der Waals surface area (Å²) in [5, 5.41) is 6.56. The maximum Gasteiger partial charge on any atom is 0.388 e. The van der Waals surface area contributed by atoms with Gasteiger partial charge in [0.1, 0.15) is 11.5 Å². The third-order valence-electron chi connectivity index (χ3n) is 5.23. The lowest BCUT2D eigenvalue weighted by Crippen LogP contribution is -2.40. The summed E-state index contributed by atoms with van der Waals surface area (Å²) in [6, 6.07) is 4.54. The second-order valence-corrected chi connectivity index (χ2v) is 7.37. The van der Waals surface area contributed by atoms with E-state index in [1.165, 1.54) is 25.3 Å². The number of hydrogen-bond acceptors (Lipinski definition) is 7. The van der Waals surface area contributed by atoms with Crippen LogP contribution in [-0.2, 0) is 26.3 Å². The molecule has 34 heavy (non-hydrogen) atoms. The van der Waals surface area contributed by atoms with Gasteiger partial charge in [-0.25, -0.2) is 23.4 Å². The van der Waals surface area contributed by atoms with E-state index in [2.05, 4.69) is 25.1 Å². The molecule has 1 unspecified atom stereocenters. The predicted octanol–water partition coefficient (Wildman–Crippen LogP) is 3.04. The number of fused-ring (bicyclic) bond motifs is 1. The lowest BCUT2D eigenvalue weighted by Gasteiger charge is -2.18. The normalized spacial score (nSPS) is 17.0. The van der Waals surface area contributed by atoms with Gasteiger partial charge in [-0.15, -0.1) is 0 Å². The summed E-state index contributed by atoms with van der Waals surface area (Å²) in [6.07, 6.45) is 1.23. The van der Waals surface area contributed by atoms with Gasteiger partial charge >= 0.3 is 12.6 Å². The number of carbonyl (C=O) groups excluding carboxylic acids is 2. The fourth-order valence-electron chi connectivity index (χ4n) is 3.44. The Labute approximate surface area is 189 Å². The monoisotopic (exact) mass is 479 g/mol. The number of carbonyl (C=O) groups is 2. The number of anilines is 1. The van der Waals surface area contributed by atoms with Gasteiger partial charge in [0.2, 0.25) is 11.8 Å². The van der Waals surface area contributed by atoms with Crippen LogP contribution in [0.25, 0.3) is 11.5 Å². The molecule has 0 fully saturated rings. The van der Waals surface area contributed by atoms with Crippen molar-refractivity contribution in [3.8, 4) is 17.4 Å². The number of amides is 1. The van der Waals surface area contributed by atoms with Crippen LogP contribution in [0.3, 0.4) is 0 Å². The molecule has 0 aliphatic carbocycles.